The van der Waals surface area contributed by atoms with Gasteiger partial charge >= 0.3 is 0 Å². The zero-order valence-corrected chi connectivity index (χ0v) is 23.5. The molecule has 0 bridgehead atoms. The quantitative estimate of drug-likeness (QED) is 0.204. The van der Waals surface area contributed by atoms with Crippen molar-refractivity contribution in [3.8, 4) is 11.5 Å². The van der Waals surface area contributed by atoms with Crippen LogP contribution in [0.4, 0.5) is 0 Å². The molecule has 2 unspecified atom stereocenters. The molecule has 0 heterocycles. The number of para-hydroxylation sites is 2. The molecule has 0 aliphatic rings. The number of hydrogen-bond donors (Lipinski definition) is 0. The SMILES string of the molecule is CC(C)Oc1ccccc1P(CCP(c1ccccc1)c1ccccc1OC(C)C)c1ccccc1. The van der Waals surface area contributed by atoms with Gasteiger partial charge in [0.25, 0.3) is 0 Å². The van der Waals surface area contributed by atoms with Crippen LogP contribution in [-0.2, 0) is 0 Å². The van der Waals surface area contributed by atoms with Crippen LogP contribution in [-0.4, -0.2) is 24.5 Å². The van der Waals surface area contributed by atoms with Gasteiger partial charge in [-0.2, -0.15) is 0 Å². The Morgan fingerprint density at radius 2 is 0.806 bits per heavy atom. The third kappa shape index (κ3) is 6.97. The smallest absolute Gasteiger partial charge is 0.127 e. The van der Waals surface area contributed by atoms with Crippen molar-refractivity contribution in [3.63, 3.8) is 0 Å². The first kappa shape index (κ1) is 26.4. The molecular weight excluding hydrogens is 478 g/mol. The van der Waals surface area contributed by atoms with E-state index in [1.165, 1.54) is 21.2 Å². The molecule has 0 N–H and O–H groups in total. The second-order valence-electron chi connectivity index (χ2n) is 9.24. The van der Waals surface area contributed by atoms with Crippen molar-refractivity contribution in [3.05, 3.63) is 109 Å². The van der Waals surface area contributed by atoms with Crippen molar-refractivity contribution < 1.29 is 9.47 Å². The van der Waals surface area contributed by atoms with Gasteiger partial charge < -0.3 is 9.47 Å². The van der Waals surface area contributed by atoms with E-state index in [2.05, 4.69) is 137 Å². The summed E-state index contributed by atoms with van der Waals surface area (Å²) in [4.78, 5) is 0. The monoisotopic (exact) mass is 514 g/mol. The predicted molar refractivity (Wildman–Crippen MR) is 159 cm³/mol. The average Bonchev–Trinajstić information content (AvgIpc) is 2.88. The highest BCUT2D eigenvalue weighted by Crippen LogP contribution is 2.44. The van der Waals surface area contributed by atoms with Gasteiger partial charge in [0, 0.05) is 10.6 Å². The summed E-state index contributed by atoms with van der Waals surface area (Å²) in [6.45, 7) is 8.40. The summed E-state index contributed by atoms with van der Waals surface area (Å²) in [7, 11) is -1.18. The molecule has 2 nitrogen and oxygen atoms in total. The van der Waals surface area contributed by atoms with E-state index >= 15 is 0 Å². The van der Waals surface area contributed by atoms with Crippen LogP contribution in [0.25, 0.3) is 0 Å². The minimum absolute atomic E-state index is 0.139. The molecule has 0 saturated carbocycles. The topological polar surface area (TPSA) is 18.5 Å². The number of rotatable bonds is 11. The van der Waals surface area contributed by atoms with Crippen LogP contribution in [0.2, 0.25) is 0 Å². The van der Waals surface area contributed by atoms with Crippen LogP contribution in [0.5, 0.6) is 11.5 Å². The first-order valence-electron chi connectivity index (χ1n) is 12.7. The first-order valence-corrected chi connectivity index (χ1v) is 15.7. The van der Waals surface area contributed by atoms with E-state index in [0.717, 1.165) is 23.8 Å². The lowest BCUT2D eigenvalue weighted by atomic mass is 10.3. The van der Waals surface area contributed by atoms with Gasteiger partial charge in [0.15, 0.2) is 0 Å². The van der Waals surface area contributed by atoms with Crippen LogP contribution < -0.4 is 30.7 Å². The Morgan fingerprint density at radius 3 is 1.17 bits per heavy atom. The predicted octanol–water partition coefficient (Wildman–Crippen LogP) is 6.83. The maximum atomic E-state index is 6.29. The fourth-order valence-corrected chi connectivity index (χ4v) is 9.80. The zero-order valence-electron chi connectivity index (χ0n) is 21.7. The minimum atomic E-state index is -0.591. The molecule has 0 fully saturated rings. The van der Waals surface area contributed by atoms with E-state index in [0.29, 0.717) is 0 Å². The van der Waals surface area contributed by atoms with E-state index in [1.54, 1.807) is 0 Å². The van der Waals surface area contributed by atoms with E-state index in [-0.39, 0.29) is 12.2 Å². The average molecular weight is 515 g/mol. The van der Waals surface area contributed by atoms with Crippen molar-refractivity contribution >= 4 is 37.1 Å². The van der Waals surface area contributed by atoms with Crippen LogP contribution in [0, 0.1) is 0 Å². The van der Waals surface area contributed by atoms with Gasteiger partial charge in [0.1, 0.15) is 11.5 Å². The highest BCUT2D eigenvalue weighted by Gasteiger charge is 2.24. The lowest BCUT2D eigenvalue weighted by molar-refractivity contribution is 0.244. The molecule has 0 aromatic heterocycles. The molecule has 4 aromatic rings. The molecule has 0 radical (unpaired) electrons. The Balaban J connectivity index is 1.73. The normalized spacial score (nSPS) is 12.9. The lowest BCUT2D eigenvalue weighted by Gasteiger charge is -2.27. The van der Waals surface area contributed by atoms with E-state index in [1.807, 2.05) is 0 Å². The van der Waals surface area contributed by atoms with Gasteiger partial charge in [-0.1, -0.05) is 97.1 Å². The number of benzene rings is 4. The van der Waals surface area contributed by atoms with Crippen LogP contribution in [0.15, 0.2) is 109 Å². The lowest BCUT2D eigenvalue weighted by Crippen LogP contribution is -2.23. The Morgan fingerprint density at radius 1 is 0.472 bits per heavy atom. The van der Waals surface area contributed by atoms with Crippen LogP contribution >= 0.6 is 15.8 Å². The Labute approximate surface area is 219 Å². The van der Waals surface area contributed by atoms with Crippen molar-refractivity contribution in [2.24, 2.45) is 0 Å². The summed E-state index contributed by atoms with van der Waals surface area (Å²) in [5.41, 5.74) is 0. The second-order valence-corrected chi connectivity index (χ2v) is 13.8. The summed E-state index contributed by atoms with van der Waals surface area (Å²) >= 11 is 0. The highest BCUT2D eigenvalue weighted by atomic mass is 31.1. The third-order valence-corrected chi connectivity index (χ3v) is 11.2. The van der Waals surface area contributed by atoms with Gasteiger partial charge in [-0.05, 0) is 78.6 Å². The van der Waals surface area contributed by atoms with E-state index in [4.69, 9.17) is 9.47 Å². The maximum absolute atomic E-state index is 6.29. The molecule has 4 heteroatoms. The minimum Gasteiger partial charge on any atom is -0.490 e. The summed E-state index contributed by atoms with van der Waals surface area (Å²) in [6.07, 6.45) is 2.43. The number of ether oxygens (including phenoxy) is 2. The van der Waals surface area contributed by atoms with Crippen molar-refractivity contribution in [2.45, 2.75) is 39.9 Å². The molecular formula is C32H36O2P2. The zero-order chi connectivity index (χ0) is 25.3. The van der Waals surface area contributed by atoms with Crippen LogP contribution in [0.1, 0.15) is 27.7 Å². The molecule has 0 amide bonds. The fraction of sp³-hybridized carbons (Fsp3) is 0.250. The number of hydrogen-bond acceptors (Lipinski definition) is 2. The Kier molecular flexibility index (Phi) is 9.57. The van der Waals surface area contributed by atoms with Gasteiger partial charge in [-0.15, -0.1) is 0 Å². The molecule has 0 aliphatic heterocycles. The summed E-state index contributed by atoms with van der Waals surface area (Å²) in [6, 6.07) is 39.1. The molecule has 36 heavy (non-hydrogen) atoms. The third-order valence-electron chi connectivity index (χ3n) is 5.72. The molecule has 2 atom stereocenters. The summed E-state index contributed by atoms with van der Waals surface area (Å²) < 4.78 is 12.6. The summed E-state index contributed by atoms with van der Waals surface area (Å²) in [5, 5.41) is 5.42. The summed E-state index contributed by atoms with van der Waals surface area (Å²) in [5.74, 6) is 2.02. The molecule has 0 aliphatic carbocycles. The molecule has 186 valence electrons. The molecule has 0 spiro atoms. The van der Waals surface area contributed by atoms with Crippen molar-refractivity contribution in [1.82, 2.24) is 0 Å². The first-order chi connectivity index (χ1) is 17.5. The van der Waals surface area contributed by atoms with Crippen LogP contribution in [0.3, 0.4) is 0 Å². The van der Waals surface area contributed by atoms with Crippen molar-refractivity contribution in [1.29, 1.82) is 0 Å². The molecule has 4 rings (SSSR count). The van der Waals surface area contributed by atoms with Gasteiger partial charge in [0.2, 0.25) is 0 Å². The van der Waals surface area contributed by atoms with Gasteiger partial charge in [0.05, 0.1) is 12.2 Å². The van der Waals surface area contributed by atoms with E-state index in [9.17, 15) is 0 Å². The van der Waals surface area contributed by atoms with Gasteiger partial charge in [-0.25, -0.2) is 0 Å². The fourth-order valence-electron chi connectivity index (χ4n) is 4.26. The van der Waals surface area contributed by atoms with E-state index < -0.39 is 15.8 Å². The largest absolute Gasteiger partial charge is 0.490 e. The molecule has 4 aromatic carbocycles. The maximum Gasteiger partial charge on any atom is 0.127 e. The van der Waals surface area contributed by atoms with Crippen molar-refractivity contribution in [2.75, 3.05) is 12.3 Å². The standard InChI is InChI=1S/C32H36O2P2/c1-25(2)33-29-19-11-13-21-31(29)35(27-15-7-5-8-16-27)23-24-36(28-17-9-6-10-18-28)32-22-14-12-20-30(32)34-26(3)4/h5-22,25-26H,23-24H2,1-4H3. The Bertz CT molecular complexity index is 1110. The highest BCUT2D eigenvalue weighted by molar-refractivity contribution is 7.76. The Hall–Kier alpha value is -2.66. The van der Waals surface area contributed by atoms with Gasteiger partial charge in [-0.3, -0.25) is 0 Å². The molecule has 0 saturated heterocycles. The second kappa shape index (κ2) is 13.0.